The summed E-state index contributed by atoms with van der Waals surface area (Å²) in [6.45, 7) is 3.38. The topological polar surface area (TPSA) is 79.0 Å². The Morgan fingerprint density at radius 2 is 1.73 bits per heavy atom. The summed E-state index contributed by atoms with van der Waals surface area (Å²) in [6.07, 6.45) is 0. The lowest BCUT2D eigenvalue weighted by molar-refractivity contribution is -0.126. The predicted octanol–water partition coefficient (Wildman–Crippen LogP) is 1.85. The number of halogens is 1. The molecule has 1 fully saturated rings. The molecule has 0 aliphatic carbocycles. The summed E-state index contributed by atoms with van der Waals surface area (Å²) in [4.78, 5) is 14.1. The maximum absolute atomic E-state index is 13.9. The number of carbonyl (C=O) groups is 1. The van der Waals surface area contributed by atoms with Gasteiger partial charge in [0.15, 0.2) is 0 Å². The molecule has 0 radical (unpaired) electrons. The van der Waals surface area contributed by atoms with Gasteiger partial charge in [0.25, 0.3) is 0 Å². The number of carbonyl (C=O) groups excluding carboxylic acids is 1. The number of ether oxygens (including phenoxy) is 1. The van der Waals surface area contributed by atoms with E-state index in [0.717, 1.165) is 17.4 Å². The molecule has 1 aliphatic rings. The molecule has 1 N–H and O–H groups in total. The van der Waals surface area contributed by atoms with Crippen molar-refractivity contribution < 1.29 is 22.3 Å². The second kappa shape index (κ2) is 9.55. The number of benzene rings is 2. The van der Waals surface area contributed by atoms with Gasteiger partial charge in [-0.15, -0.1) is 0 Å². The molecule has 7 nitrogen and oxygen atoms in total. The maximum atomic E-state index is 13.9. The van der Waals surface area contributed by atoms with Crippen LogP contribution in [0.2, 0.25) is 0 Å². The van der Waals surface area contributed by atoms with E-state index in [2.05, 4.69) is 5.32 Å². The SMILES string of the molecule is COc1ccc(CNC(=O)[C@H](C)N2CCN(S(=O)(=O)c3ccccc3F)CC2)cc1. The van der Waals surface area contributed by atoms with Crippen LogP contribution in [0.3, 0.4) is 0 Å². The molecular formula is C21H26FN3O4S. The summed E-state index contributed by atoms with van der Waals surface area (Å²) in [5.74, 6) is -0.135. The third-order valence-corrected chi connectivity index (χ3v) is 7.21. The molecule has 0 aromatic heterocycles. The largest absolute Gasteiger partial charge is 0.497 e. The monoisotopic (exact) mass is 435 g/mol. The highest BCUT2D eigenvalue weighted by atomic mass is 32.2. The molecule has 1 saturated heterocycles. The molecule has 0 saturated carbocycles. The summed E-state index contributed by atoms with van der Waals surface area (Å²) in [5.41, 5.74) is 0.956. The van der Waals surface area contributed by atoms with E-state index < -0.39 is 21.9 Å². The molecule has 3 rings (SSSR count). The van der Waals surface area contributed by atoms with Crippen LogP contribution in [0.4, 0.5) is 4.39 Å². The van der Waals surface area contributed by atoms with Gasteiger partial charge in [-0.2, -0.15) is 4.31 Å². The highest BCUT2D eigenvalue weighted by Gasteiger charge is 2.33. The van der Waals surface area contributed by atoms with Gasteiger partial charge in [-0.1, -0.05) is 24.3 Å². The van der Waals surface area contributed by atoms with E-state index in [1.807, 2.05) is 29.2 Å². The molecular weight excluding hydrogens is 409 g/mol. The van der Waals surface area contributed by atoms with Crippen LogP contribution in [-0.4, -0.2) is 62.9 Å². The van der Waals surface area contributed by atoms with Gasteiger partial charge in [-0.3, -0.25) is 9.69 Å². The first-order chi connectivity index (χ1) is 14.3. The van der Waals surface area contributed by atoms with E-state index in [-0.39, 0.29) is 23.9 Å². The van der Waals surface area contributed by atoms with Crippen LogP contribution in [0.1, 0.15) is 12.5 Å². The fraction of sp³-hybridized carbons (Fsp3) is 0.381. The zero-order valence-electron chi connectivity index (χ0n) is 17.0. The standard InChI is InChI=1S/C21H26FN3O4S/c1-16(21(26)23-15-17-7-9-18(29-2)10-8-17)24-11-13-25(14-12-24)30(27,28)20-6-4-3-5-19(20)22/h3-10,16H,11-15H2,1-2H3,(H,23,26)/t16-/m0/s1. The average molecular weight is 436 g/mol. The van der Waals surface area contributed by atoms with Crippen molar-refractivity contribution in [1.82, 2.24) is 14.5 Å². The van der Waals surface area contributed by atoms with Crippen molar-refractivity contribution >= 4 is 15.9 Å². The third-order valence-electron chi connectivity index (χ3n) is 5.28. The number of hydrogen-bond acceptors (Lipinski definition) is 5. The summed E-state index contributed by atoms with van der Waals surface area (Å²) in [6, 6.07) is 12.4. The first kappa shape index (κ1) is 22.2. The third kappa shape index (κ3) is 4.97. The van der Waals surface area contributed by atoms with E-state index in [4.69, 9.17) is 4.74 Å². The molecule has 1 heterocycles. The highest BCUT2D eigenvalue weighted by molar-refractivity contribution is 7.89. The fourth-order valence-electron chi connectivity index (χ4n) is 3.37. The van der Waals surface area contributed by atoms with Crippen LogP contribution >= 0.6 is 0 Å². The molecule has 0 bridgehead atoms. The number of sulfonamides is 1. The Kier molecular flexibility index (Phi) is 7.06. The van der Waals surface area contributed by atoms with Crippen LogP contribution in [0.25, 0.3) is 0 Å². The Hall–Kier alpha value is -2.49. The van der Waals surface area contributed by atoms with E-state index in [0.29, 0.717) is 19.6 Å². The smallest absolute Gasteiger partial charge is 0.246 e. The van der Waals surface area contributed by atoms with Crippen molar-refractivity contribution in [2.75, 3.05) is 33.3 Å². The minimum atomic E-state index is -3.89. The Balaban J connectivity index is 1.53. The number of hydrogen-bond donors (Lipinski definition) is 1. The van der Waals surface area contributed by atoms with Crippen LogP contribution in [0.5, 0.6) is 5.75 Å². The minimum Gasteiger partial charge on any atom is -0.497 e. The van der Waals surface area contributed by atoms with Crippen molar-refractivity contribution in [2.24, 2.45) is 0 Å². The Morgan fingerprint density at radius 3 is 2.33 bits per heavy atom. The summed E-state index contributed by atoms with van der Waals surface area (Å²) >= 11 is 0. The molecule has 9 heteroatoms. The molecule has 1 aliphatic heterocycles. The quantitative estimate of drug-likeness (QED) is 0.718. The average Bonchev–Trinajstić information content (AvgIpc) is 2.77. The van der Waals surface area contributed by atoms with Gasteiger partial charge in [0.2, 0.25) is 15.9 Å². The van der Waals surface area contributed by atoms with Crippen molar-refractivity contribution in [1.29, 1.82) is 0 Å². The summed E-state index contributed by atoms with van der Waals surface area (Å²) in [7, 11) is -2.30. The summed E-state index contributed by atoms with van der Waals surface area (Å²) < 4.78 is 45.7. The van der Waals surface area contributed by atoms with Gasteiger partial charge in [0, 0.05) is 32.7 Å². The molecule has 1 amide bonds. The van der Waals surface area contributed by atoms with Crippen molar-refractivity contribution in [3.63, 3.8) is 0 Å². The molecule has 1 atom stereocenters. The maximum Gasteiger partial charge on any atom is 0.246 e. The molecule has 0 spiro atoms. The van der Waals surface area contributed by atoms with E-state index in [1.165, 1.54) is 22.5 Å². The van der Waals surface area contributed by atoms with Crippen molar-refractivity contribution in [2.45, 2.75) is 24.4 Å². The summed E-state index contributed by atoms with van der Waals surface area (Å²) in [5, 5.41) is 2.91. The zero-order chi connectivity index (χ0) is 21.7. The lowest BCUT2D eigenvalue weighted by Crippen LogP contribution is -2.54. The molecule has 2 aromatic rings. The van der Waals surface area contributed by atoms with Crippen molar-refractivity contribution in [3.05, 3.63) is 59.9 Å². The van der Waals surface area contributed by atoms with Crippen molar-refractivity contribution in [3.8, 4) is 5.75 Å². The number of methoxy groups -OCH3 is 1. The number of nitrogens with zero attached hydrogens (tertiary/aromatic N) is 2. The molecule has 2 aromatic carbocycles. The second-order valence-electron chi connectivity index (χ2n) is 7.11. The van der Waals surface area contributed by atoms with Crippen LogP contribution in [0, 0.1) is 5.82 Å². The predicted molar refractivity (Wildman–Crippen MR) is 111 cm³/mol. The van der Waals surface area contributed by atoms with Gasteiger partial charge in [0.05, 0.1) is 13.2 Å². The zero-order valence-corrected chi connectivity index (χ0v) is 17.9. The van der Waals surface area contributed by atoms with Gasteiger partial charge < -0.3 is 10.1 Å². The van der Waals surface area contributed by atoms with Gasteiger partial charge >= 0.3 is 0 Å². The number of rotatable bonds is 7. The minimum absolute atomic E-state index is 0.128. The fourth-order valence-corrected chi connectivity index (χ4v) is 4.86. The normalized spacial score (nSPS) is 16.8. The molecule has 162 valence electrons. The second-order valence-corrected chi connectivity index (χ2v) is 9.02. The van der Waals surface area contributed by atoms with Gasteiger partial charge in [0.1, 0.15) is 16.5 Å². The Bertz CT molecular complexity index is 974. The van der Waals surface area contributed by atoms with Crippen LogP contribution in [0.15, 0.2) is 53.4 Å². The Labute approximate surface area is 176 Å². The van der Waals surface area contributed by atoms with E-state index >= 15 is 0 Å². The highest BCUT2D eigenvalue weighted by Crippen LogP contribution is 2.21. The van der Waals surface area contributed by atoms with Gasteiger partial charge in [-0.25, -0.2) is 12.8 Å². The lowest BCUT2D eigenvalue weighted by atomic mass is 10.2. The Morgan fingerprint density at radius 1 is 1.10 bits per heavy atom. The number of amides is 1. The number of piperazine rings is 1. The lowest BCUT2D eigenvalue weighted by Gasteiger charge is -2.36. The van der Waals surface area contributed by atoms with E-state index in [9.17, 15) is 17.6 Å². The molecule has 0 unspecified atom stereocenters. The number of nitrogens with one attached hydrogen (secondary N) is 1. The first-order valence-electron chi connectivity index (χ1n) is 9.72. The first-order valence-corrected chi connectivity index (χ1v) is 11.2. The van der Waals surface area contributed by atoms with Crippen LogP contribution < -0.4 is 10.1 Å². The van der Waals surface area contributed by atoms with E-state index in [1.54, 1.807) is 14.0 Å². The van der Waals surface area contributed by atoms with Crippen LogP contribution in [-0.2, 0) is 21.4 Å². The van der Waals surface area contributed by atoms with Gasteiger partial charge in [-0.05, 0) is 36.8 Å². The molecule has 30 heavy (non-hydrogen) atoms.